The molecule has 1 aromatic heterocycles. The quantitative estimate of drug-likeness (QED) is 0.822. The summed E-state index contributed by atoms with van der Waals surface area (Å²) in [5.74, 6) is -3.02. The summed E-state index contributed by atoms with van der Waals surface area (Å²) in [7, 11) is 1.41. The van der Waals surface area contributed by atoms with Crippen molar-refractivity contribution in [1.29, 1.82) is 0 Å². The Bertz CT molecular complexity index is 789. The maximum Gasteiger partial charge on any atom is 0.262 e. The van der Waals surface area contributed by atoms with Crippen LogP contribution in [0.25, 0.3) is 0 Å². The summed E-state index contributed by atoms with van der Waals surface area (Å²) >= 11 is 1.35. The first-order valence-electron chi connectivity index (χ1n) is 7.94. The molecule has 2 N–H and O–H groups in total. The molecule has 7 heteroatoms. The molecule has 1 atom stereocenters. The van der Waals surface area contributed by atoms with Crippen LogP contribution in [-0.2, 0) is 11.2 Å². The predicted molar refractivity (Wildman–Crippen MR) is 93.7 cm³/mol. The average molecular weight is 366 g/mol. The summed E-state index contributed by atoms with van der Waals surface area (Å²) in [6.07, 6.45) is 1.84. The van der Waals surface area contributed by atoms with Crippen LogP contribution in [0.1, 0.15) is 45.1 Å². The first-order chi connectivity index (χ1) is 11.9. The molecule has 0 radical (unpaired) electrons. The first kappa shape index (κ1) is 19.1. The fourth-order valence-corrected chi connectivity index (χ4v) is 3.46. The van der Waals surface area contributed by atoms with Crippen molar-refractivity contribution >= 4 is 23.2 Å². The maximum atomic E-state index is 13.5. The second-order valence-electron chi connectivity index (χ2n) is 5.64. The molecule has 0 aliphatic rings. The highest BCUT2D eigenvalue weighted by atomic mass is 32.1. The lowest BCUT2D eigenvalue weighted by molar-refractivity contribution is -0.122. The zero-order valence-corrected chi connectivity index (χ0v) is 15.1. The third kappa shape index (κ3) is 4.42. The summed E-state index contributed by atoms with van der Waals surface area (Å²) in [5, 5.41) is 5.02. The highest BCUT2D eigenvalue weighted by Crippen LogP contribution is 2.24. The molecule has 2 rings (SSSR count). The fourth-order valence-electron chi connectivity index (χ4n) is 2.49. The van der Waals surface area contributed by atoms with E-state index < -0.39 is 29.5 Å². The van der Waals surface area contributed by atoms with Crippen LogP contribution in [0.15, 0.2) is 24.3 Å². The van der Waals surface area contributed by atoms with Crippen molar-refractivity contribution in [3.05, 3.63) is 56.8 Å². The zero-order valence-electron chi connectivity index (χ0n) is 14.3. The van der Waals surface area contributed by atoms with Gasteiger partial charge in [0.15, 0.2) is 11.6 Å². The summed E-state index contributed by atoms with van der Waals surface area (Å²) in [6, 6.07) is 3.83. The molecular weight excluding hydrogens is 346 g/mol. The van der Waals surface area contributed by atoms with E-state index in [4.69, 9.17) is 0 Å². The van der Waals surface area contributed by atoms with Crippen LogP contribution in [0.3, 0.4) is 0 Å². The van der Waals surface area contributed by atoms with E-state index in [0.717, 1.165) is 35.4 Å². The van der Waals surface area contributed by atoms with E-state index >= 15 is 0 Å². The van der Waals surface area contributed by atoms with E-state index in [9.17, 15) is 18.4 Å². The second-order valence-corrected chi connectivity index (χ2v) is 6.89. The Balaban J connectivity index is 2.27. The van der Waals surface area contributed by atoms with Crippen molar-refractivity contribution in [3.8, 4) is 0 Å². The third-order valence-electron chi connectivity index (χ3n) is 3.82. The number of amides is 2. The minimum atomic E-state index is -1.11. The Morgan fingerprint density at radius 2 is 1.92 bits per heavy atom. The molecule has 2 aromatic rings. The summed E-state index contributed by atoms with van der Waals surface area (Å²) in [5.41, 5.74) is 1.27. The average Bonchev–Trinajstić information content (AvgIpc) is 2.96. The van der Waals surface area contributed by atoms with Gasteiger partial charge < -0.3 is 10.6 Å². The molecule has 1 heterocycles. The van der Waals surface area contributed by atoms with Gasteiger partial charge in [0, 0.05) is 11.9 Å². The number of carbonyl (C=O) groups excluding carboxylic acids is 2. The van der Waals surface area contributed by atoms with Crippen LogP contribution >= 0.6 is 11.3 Å². The highest BCUT2D eigenvalue weighted by molar-refractivity contribution is 7.14. The van der Waals surface area contributed by atoms with Crippen LogP contribution in [0.5, 0.6) is 0 Å². The SMILES string of the molecule is CCCc1cc(C(=O)NC(C(=O)NC)c2ccc(F)c(F)c2)sc1C. The zero-order chi connectivity index (χ0) is 18.6. The fraction of sp³-hybridized carbons (Fsp3) is 0.333. The molecule has 134 valence electrons. The van der Waals surface area contributed by atoms with Gasteiger partial charge in [-0.15, -0.1) is 11.3 Å². The number of likely N-dealkylation sites (N-methyl/N-ethyl adjacent to an activating group) is 1. The molecular formula is C18H20F2N2O2S. The first-order valence-corrected chi connectivity index (χ1v) is 8.75. The molecule has 4 nitrogen and oxygen atoms in total. The van der Waals surface area contributed by atoms with Gasteiger partial charge in [0.2, 0.25) is 5.91 Å². The van der Waals surface area contributed by atoms with Crippen molar-refractivity contribution < 1.29 is 18.4 Å². The number of nitrogens with one attached hydrogen (secondary N) is 2. The minimum Gasteiger partial charge on any atom is -0.357 e. The molecule has 0 saturated heterocycles. The summed E-state index contributed by atoms with van der Waals surface area (Å²) in [6.45, 7) is 4.00. The summed E-state index contributed by atoms with van der Waals surface area (Å²) < 4.78 is 26.6. The van der Waals surface area contributed by atoms with E-state index in [-0.39, 0.29) is 5.56 Å². The van der Waals surface area contributed by atoms with Gasteiger partial charge in [-0.25, -0.2) is 8.78 Å². The topological polar surface area (TPSA) is 58.2 Å². The van der Waals surface area contributed by atoms with Gasteiger partial charge in [-0.2, -0.15) is 0 Å². The van der Waals surface area contributed by atoms with E-state index in [1.165, 1.54) is 24.5 Å². The molecule has 0 bridgehead atoms. The van der Waals surface area contributed by atoms with Gasteiger partial charge >= 0.3 is 0 Å². The third-order valence-corrected chi connectivity index (χ3v) is 4.92. The molecule has 0 spiro atoms. The smallest absolute Gasteiger partial charge is 0.262 e. The van der Waals surface area contributed by atoms with Crippen LogP contribution in [-0.4, -0.2) is 18.9 Å². The minimum absolute atomic E-state index is 0.175. The molecule has 0 aliphatic carbocycles. The molecule has 1 unspecified atom stereocenters. The lowest BCUT2D eigenvalue weighted by atomic mass is 10.1. The molecule has 0 aliphatic heterocycles. The number of halogens is 2. The van der Waals surface area contributed by atoms with E-state index in [2.05, 4.69) is 17.6 Å². The van der Waals surface area contributed by atoms with E-state index in [1.807, 2.05) is 13.0 Å². The van der Waals surface area contributed by atoms with Crippen LogP contribution in [0.4, 0.5) is 8.78 Å². The number of hydrogen-bond donors (Lipinski definition) is 2. The maximum absolute atomic E-state index is 13.5. The number of thiophene rings is 1. The van der Waals surface area contributed by atoms with Crippen molar-refractivity contribution in [2.75, 3.05) is 7.05 Å². The number of benzene rings is 1. The van der Waals surface area contributed by atoms with E-state index in [0.29, 0.717) is 4.88 Å². The van der Waals surface area contributed by atoms with Gasteiger partial charge in [0.25, 0.3) is 5.91 Å². The van der Waals surface area contributed by atoms with Gasteiger partial charge in [-0.1, -0.05) is 19.4 Å². The highest BCUT2D eigenvalue weighted by Gasteiger charge is 2.24. The monoisotopic (exact) mass is 366 g/mol. The van der Waals surface area contributed by atoms with E-state index in [1.54, 1.807) is 0 Å². The molecule has 25 heavy (non-hydrogen) atoms. The summed E-state index contributed by atoms with van der Waals surface area (Å²) in [4.78, 5) is 26.2. The number of aryl methyl sites for hydroxylation is 2. The Kier molecular flexibility index (Phi) is 6.25. The molecule has 0 saturated carbocycles. The van der Waals surface area contributed by atoms with Gasteiger partial charge in [0.05, 0.1) is 4.88 Å². The van der Waals surface area contributed by atoms with Crippen molar-refractivity contribution in [1.82, 2.24) is 10.6 Å². The van der Waals surface area contributed by atoms with Crippen LogP contribution < -0.4 is 10.6 Å². The van der Waals surface area contributed by atoms with Crippen LogP contribution in [0, 0.1) is 18.6 Å². The van der Waals surface area contributed by atoms with Crippen molar-refractivity contribution in [3.63, 3.8) is 0 Å². The second kappa shape index (κ2) is 8.20. The largest absolute Gasteiger partial charge is 0.357 e. The standard InChI is InChI=1S/C18H20F2N2O2S/c1-4-5-11-9-15(25-10(11)2)17(23)22-16(18(24)21-3)12-6-7-13(19)14(20)8-12/h6-9,16H,4-5H2,1-3H3,(H,21,24)(H,22,23). The Morgan fingerprint density at radius 1 is 1.20 bits per heavy atom. The Hall–Kier alpha value is -2.28. The van der Waals surface area contributed by atoms with Crippen molar-refractivity contribution in [2.24, 2.45) is 0 Å². The Labute approximate surface area is 149 Å². The number of carbonyl (C=O) groups is 2. The van der Waals surface area contributed by atoms with Crippen molar-refractivity contribution in [2.45, 2.75) is 32.7 Å². The Morgan fingerprint density at radius 3 is 2.52 bits per heavy atom. The number of rotatable bonds is 6. The molecule has 0 fully saturated rings. The van der Waals surface area contributed by atoms with Gasteiger partial charge in [0.1, 0.15) is 6.04 Å². The molecule has 2 amide bonds. The van der Waals surface area contributed by atoms with Gasteiger partial charge in [-0.05, 0) is 42.7 Å². The van der Waals surface area contributed by atoms with Gasteiger partial charge in [-0.3, -0.25) is 9.59 Å². The number of hydrogen-bond acceptors (Lipinski definition) is 3. The predicted octanol–water partition coefficient (Wildman–Crippen LogP) is 3.50. The lowest BCUT2D eigenvalue weighted by Gasteiger charge is -2.17. The normalized spacial score (nSPS) is 11.9. The van der Waals surface area contributed by atoms with Crippen LogP contribution in [0.2, 0.25) is 0 Å². The molecule has 1 aromatic carbocycles. The lowest BCUT2D eigenvalue weighted by Crippen LogP contribution is -2.38.